The third-order valence-corrected chi connectivity index (χ3v) is 4.65. The van der Waals surface area contributed by atoms with Gasteiger partial charge in [0.15, 0.2) is 0 Å². The first-order valence-electron chi connectivity index (χ1n) is 8.06. The summed E-state index contributed by atoms with van der Waals surface area (Å²) in [7, 11) is 0. The molecule has 2 aliphatic heterocycles. The Kier molecular flexibility index (Phi) is 4.13. The minimum atomic E-state index is -0.602. The van der Waals surface area contributed by atoms with E-state index in [2.05, 4.69) is 19.8 Å². The van der Waals surface area contributed by atoms with Gasteiger partial charge < -0.3 is 14.9 Å². The second kappa shape index (κ2) is 5.89. The average molecular weight is 290 g/mol. The molecule has 5 nitrogen and oxygen atoms in total. The highest BCUT2D eigenvalue weighted by atomic mass is 16.3. The van der Waals surface area contributed by atoms with Crippen LogP contribution in [0.5, 0.6) is 0 Å². The molecule has 1 unspecified atom stereocenters. The normalized spacial score (nSPS) is 27.3. The van der Waals surface area contributed by atoms with Crippen LogP contribution >= 0.6 is 0 Å². The summed E-state index contributed by atoms with van der Waals surface area (Å²) in [5.74, 6) is 0.935. The second-order valence-corrected chi connectivity index (χ2v) is 6.65. The number of hydrogen-bond donors (Lipinski definition) is 1. The van der Waals surface area contributed by atoms with E-state index in [1.54, 1.807) is 6.20 Å². The van der Waals surface area contributed by atoms with Gasteiger partial charge in [0.2, 0.25) is 0 Å². The van der Waals surface area contributed by atoms with Crippen LogP contribution in [0.15, 0.2) is 6.20 Å². The number of β-amino-alcohol motifs (C(OH)–C–C–N with tert-alkyl or cyclic N) is 1. The topological polar surface area (TPSA) is 52.5 Å². The van der Waals surface area contributed by atoms with Crippen LogP contribution in [0.4, 0.5) is 5.82 Å². The van der Waals surface area contributed by atoms with Gasteiger partial charge in [-0.1, -0.05) is 6.42 Å². The summed E-state index contributed by atoms with van der Waals surface area (Å²) in [6, 6.07) is 0. The van der Waals surface area contributed by atoms with Crippen molar-refractivity contribution in [3.63, 3.8) is 0 Å². The summed E-state index contributed by atoms with van der Waals surface area (Å²) in [5.41, 5.74) is 1.28. The van der Waals surface area contributed by atoms with Gasteiger partial charge in [0.1, 0.15) is 5.82 Å². The van der Waals surface area contributed by atoms with Gasteiger partial charge in [0, 0.05) is 25.8 Å². The van der Waals surface area contributed by atoms with Gasteiger partial charge in [-0.05, 0) is 46.2 Å². The van der Waals surface area contributed by atoms with Crippen LogP contribution in [0.25, 0.3) is 0 Å². The molecule has 0 aromatic carbocycles. The van der Waals surface area contributed by atoms with Crippen molar-refractivity contribution in [3.05, 3.63) is 17.6 Å². The fourth-order valence-corrected chi connectivity index (χ4v) is 3.52. The Morgan fingerprint density at radius 1 is 1.19 bits per heavy atom. The zero-order valence-electron chi connectivity index (χ0n) is 13.2. The van der Waals surface area contributed by atoms with Crippen molar-refractivity contribution >= 4 is 5.82 Å². The van der Waals surface area contributed by atoms with Gasteiger partial charge in [0.25, 0.3) is 0 Å². The zero-order valence-corrected chi connectivity index (χ0v) is 13.2. The molecule has 3 heterocycles. The summed E-state index contributed by atoms with van der Waals surface area (Å²) in [6.45, 7) is 8.54. The quantitative estimate of drug-likeness (QED) is 0.915. The van der Waals surface area contributed by atoms with E-state index >= 15 is 0 Å². The van der Waals surface area contributed by atoms with E-state index in [9.17, 15) is 5.11 Å². The van der Waals surface area contributed by atoms with Crippen molar-refractivity contribution in [1.29, 1.82) is 0 Å². The van der Waals surface area contributed by atoms with Crippen molar-refractivity contribution in [3.8, 4) is 0 Å². The molecule has 0 radical (unpaired) electrons. The number of rotatable bonds is 3. The molecule has 2 saturated heterocycles. The van der Waals surface area contributed by atoms with Gasteiger partial charge >= 0.3 is 0 Å². The second-order valence-electron chi connectivity index (χ2n) is 6.65. The Balaban J connectivity index is 1.67. The predicted octanol–water partition coefficient (Wildman–Crippen LogP) is 1.52. The number of aliphatic hydroxyl groups is 1. The molecule has 5 heteroatoms. The Labute approximate surface area is 127 Å². The predicted molar refractivity (Wildman–Crippen MR) is 83.6 cm³/mol. The average Bonchev–Trinajstić information content (AvgIpc) is 2.84. The van der Waals surface area contributed by atoms with Crippen LogP contribution in [-0.2, 0) is 0 Å². The largest absolute Gasteiger partial charge is 0.387 e. The van der Waals surface area contributed by atoms with Crippen LogP contribution in [0, 0.1) is 13.8 Å². The lowest BCUT2D eigenvalue weighted by atomic mass is 10.0. The number of nitrogens with zero attached hydrogens (tertiary/aromatic N) is 4. The van der Waals surface area contributed by atoms with Crippen molar-refractivity contribution in [1.82, 2.24) is 14.9 Å². The van der Waals surface area contributed by atoms with Crippen molar-refractivity contribution < 1.29 is 5.11 Å². The maximum atomic E-state index is 10.9. The molecule has 21 heavy (non-hydrogen) atoms. The molecule has 3 rings (SSSR count). The van der Waals surface area contributed by atoms with E-state index in [1.807, 2.05) is 13.8 Å². The highest BCUT2D eigenvalue weighted by molar-refractivity contribution is 5.45. The number of aryl methyl sites for hydroxylation is 2. The minimum absolute atomic E-state index is 0.602. The van der Waals surface area contributed by atoms with Crippen LogP contribution in [0.1, 0.15) is 37.1 Å². The maximum Gasteiger partial charge on any atom is 0.150 e. The Hall–Kier alpha value is -1.20. The number of likely N-dealkylation sites (tertiary alicyclic amines) is 1. The van der Waals surface area contributed by atoms with E-state index in [-0.39, 0.29) is 0 Å². The highest BCUT2D eigenvalue weighted by Gasteiger charge is 2.38. The SMILES string of the molecule is Cc1cnc(C)c(N2CCC(O)(CN3CCCCC3)C2)n1. The monoisotopic (exact) mass is 290 g/mol. The summed E-state index contributed by atoms with van der Waals surface area (Å²) in [5, 5.41) is 10.9. The summed E-state index contributed by atoms with van der Waals surface area (Å²) >= 11 is 0. The van der Waals surface area contributed by atoms with Gasteiger partial charge in [-0.2, -0.15) is 0 Å². The van der Waals surface area contributed by atoms with Crippen molar-refractivity contribution in [2.75, 3.05) is 37.6 Å². The van der Waals surface area contributed by atoms with Gasteiger partial charge in [-0.25, -0.2) is 4.98 Å². The summed E-state index contributed by atoms with van der Waals surface area (Å²) in [6.07, 6.45) is 6.48. The molecular formula is C16H26N4O. The summed E-state index contributed by atoms with van der Waals surface area (Å²) in [4.78, 5) is 13.6. The first-order valence-corrected chi connectivity index (χ1v) is 8.06. The number of aromatic nitrogens is 2. The molecule has 1 aromatic heterocycles. The van der Waals surface area contributed by atoms with Crippen LogP contribution < -0.4 is 4.90 Å². The van der Waals surface area contributed by atoms with E-state index in [1.165, 1.54) is 19.3 Å². The standard InChI is InChI=1S/C16H26N4O/c1-13-10-17-14(2)15(18-13)20-9-6-16(21,12-20)11-19-7-4-3-5-8-19/h10,21H,3-9,11-12H2,1-2H3. The first kappa shape index (κ1) is 14.7. The first-order chi connectivity index (χ1) is 10.1. The molecule has 1 aromatic rings. The van der Waals surface area contributed by atoms with Crippen LogP contribution in [0.3, 0.4) is 0 Å². The molecule has 2 aliphatic rings. The Morgan fingerprint density at radius 3 is 2.71 bits per heavy atom. The van der Waals surface area contributed by atoms with Gasteiger partial charge in [0.05, 0.1) is 17.0 Å². The molecule has 0 spiro atoms. The van der Waals surface area contributed by atoms with Crippen molar-refractivity contribution in [2.45, 2.75) is 45.1 Å². The Morgan fingerprint density at radius 2 is 1.95 bits per heavy atom. The third kappa shape index (κ3) is 3.35. The molecule has 1 atom stereocenters. The number of anilines is 1. The lowest BCUT2D eigenvalue weighted by Gasteiger charge is -2.33. The summed E-state index contributed by atoms with van der Waals surface area (Å²) < 4.78 is 0. The highest BCUT2D eigenvalue weighted by Crippen LogP contribution is 2.28. The van der Waals surface area contributed by atoms with E-state index in [0.717, 1.165) is 49.8 Å². The van der Waals surface area contributed by atoms with Crippen molar-refractivity contribution in [2.24, 2.45) is 0 Å². The zero-order chi connectivity index (χ0) is 14.9. The third-order valence-electron chi connectivity index (χ3n) is 4.65. The van der Waals surface area contributed by atoms with Crippen LogP contribution in [-0.4, -0.2) is 58.3 Å². The fraction of sp³-hybridized carbons (Fsp3) is 0.750. The van der Waals surface area contributed by atoms with Gasteiger partial charge in [-0.15, -0.1) is 0 Å². The maximum absolute atomic E-state index is 10.9. The smallest absolute Gasteiger partial charge is 0.150 e. The molecule has 116 valence electrons. The molecule has 0 amide bonds. The number of hydrogen-bond acceptors (Lipinski definition) is 5. The molecule has 2 fully saturated rings. The fourth-order valence-electron chi connectivity index (χ4n) is 3.52. The van der Waals surface area contributed by atoms with E-state index < -0.39 is 5.60 Å². The molecule has 0 bridgehead atoms. The number of piperidine rings is 1. The lowest BCUT2D eigenvalue weighted by molar-refractivity contribution is 0.0169. The lowest BCUT2D eigenvalue weighted by Crippen LogP contribution is -2.46. The molecular weight excluding hydrogens is 264 g/mol. The van der Waals surface area contributed by atoms with E-state index in [4.69, 9.17) is 0 Å². The molecule has 0 aliphatic carbocycles. The van der Waals surface area contributed by atoms with Gasteiger partial charge in [-0.3, -0.25) is 4.98 Å². The van der Waals surface area contributed by atoms with E-state index in [0.29, 0.717) is 6.54 Å². The Bertz CT molecular complexity index is 501. The minimum Gasteiger partial charge on any atom is -0.387 e. The van der Waals surface area contributed by atoms with Crippen LogP contribution in [0.2, 0.25) is 0 Å². The molecule has 1 N–H and O–H groups in total. The molecule has 0 saturated carbocycles.